The van der Waals surface area contributed by atoms with Gasteiger partial charge in [0, 0.05) is 43.1 Å². The molecule has 13 rings (SSSR count). The minimum absolute atomic E-state index is 0.714. The van der Waals surface area contributed by atoms with E-state index in [2.05, 4.69) is 197 Å². The van der Waals surface area contributed by atoms with Crippen LogP contribution in [0.3, 0.4) is 0 Å². The van der Waals surface area contributed by atoms with Crippen molar-refractivity contribution < 1.29 is 4.74 Å². The van der Waals surface area contributed by atoms with Gasteiger partial charge in [-0.05, 0) is 76.9 Å². The van der Waals surface area contributed by atoms with Gasteiger partial charge in [-0.25, -0.2) is 9.97 Å². The number of thiophene rings is 1. The normalized spacial score (nSPS) is 12.1. The summed E-state index contributed by atoms with van der Waals surface area (Å²) >= 11 is 1.76. The molecule has 12 aromatic rings. The fourth-order valence-electron chi connectivity index (χ4n) is 9.20. The van der Waals surface area contributed by atoms with Crippen LogP contribution in [0.25, 0.3) is 109 Å². The molecule has 4 aromatic heterocycles. The Hall–Kier alpha value is -7.80. The summed E-state index contributed by atoms with van der Waals surface area (Å²) in [5.74, 6) is 2.43. The Morgan fingerprint density at radius 3 is 1.98 bits per heavy atom. The summed E-state index contributed by atoms with van der Waals surface area (Å²) in [7, 11) is 0. The van der Waals surface area contributed by atoms with Crippen LogP contribution >= 0.6 is 11.3 Å². The molecule has 5 heterocycles. The van der Waals surface area contributed by atoms with Crippen molar-refractivity contribution in [2.24, 2.45) is 0 Å². The summed E-state index contributed by atoms with van der Waals surface area (Å²) in [6, 6.07) is 68.8. The van der Waals surface area contributed by atoms with E-state index in [1.807, 2.05) is 6.07 Å². The summed E-state index contributed by atoms with van der Waals surface area (Å²) in [6.45, 7) is 0. The Labute approximate surface area is 348 Å². The van der Waals surface area contributed by atoms with Gasteiger partial charge in [0.25, 0.3) is 0 Å². The van der Waals surface area contributed by atoms with E-state index in [9.17, 15) is 0 Å². The van der Waals surface area contributed by atoms with Gasteiger partial charge in [-0.1, -0.05) is 140 Å². The Kier molecular flexibility index (Phi) is 7.11. The van der Waals surface area contributed by atoms with Gasteiger partial charge in [0.1, 0.15) is 5.65 Å². The molecule has 280 valence electrons. The van der Waals surface area contributed by atoms with Gasteiger partial charge in [0.15, 0.2) is 17.3 Å². The molecule has 1 aliphatic heterocycles. The largest absolute Gasteiger partial charge is 0.453 e. The SMILES string of the molecule is c1ccc(-c2cccc(-c3nc(-c4ccc(-c5ccc6c(c5)c5c7cccc8c7n(c5n6-c5ccccc5)-c5ccccc5O8)cc4)nc4c3sc3ccccc34)c2)cc1. The van der Waals surface area contributed by atoms with Gasteiger partial charge >= 0.3 is 0 Å². The number of rotatable bonds is 5. The Bertz CT molecular complexity index is 3680. The maximum atomic E-state index is 6.50. The van der Waals surface area contributed by atoms with Crippen LogP contribution in [0.1, 0.15) is 0 Å². The molecule has 0 radical (unpaired) electrons. The molecule has 60 heavy (non-hydrogen) atoms. The maximum absolute atomic E-state index is 6.50. The molecule has 1 aliphatic rings. The zero-order valence-corrected chi connectivity index (χ0v) is 32.9. The molecule has 0 saturated carbocycles. The number of ether oxygens (including phenoxy) is 1. The van der Waals surface area contributed by atoms with Gasteiger partial charge in [0.05, 0.1) is 32.6 Å². The van der Waals surface area contributed by atoms with Crippen LogP contribution in [0, 0.1) is 0 Å². The lowest BCUT2D eigenvalue weighted by Crippen LogP contribution is -2.06. The first-order chi connectivity index (χ1) is 29.7. The lowest BCUT2D eigenvalue weighted by Gasteiger charge is -2.21. The second-order valence-electron chi connectivity index (χ2n) is 15.4. The van der Waals surface area contributed by atoms with Crippen molar-refractivity contribution >= 4 is 64.5 Å². The molecule has 0 spiro atoms. The summed E-state index contributed by atoms with van der Waals surface area (Å²) in [6.07, 6.45) is 0. The van der Waals surface area contributed by atoms with Gasteiger partial charge in [-0.2, -0.15) is 0 Å². The van der Waals surface area contributed by atoms with Crippen molar-refractivity contribution in [3.05, 3.63) is 194 Å². The first-order valence-corrected chi connectivity index (χ1v) is 21.0. The van der Waals surface area contributed by atoms with Crippen molar-refractivity contribution in [1.29, 1.82) is 0 Å². The quantitative estimate of drug-likeness (QED) is 0.175. The smallest absolute Gasteiger partial charge is 0.160 e. The molecule has 0 fully saturated rings. The molecule has 5 nitrogen and oxygen atoms in total. The third-order valence-electron chi connectivity index (χ3n) is 11.9. The third kappa shape index (κ3) is 4.92. The summed E-state index contributed by atoms with van der Waals surface area (Å²) in [5.41, 5.74) is 14.1. The zero-order valence-electron chi connectivity index (χ0n) is 32.1. The van der Waals surface area contributed by atoms with E-state index in [0.29, 0.717) is 5.82 Å². The molecular formula is C54H32N4OS. The number of para-hydroxylation sites is 4. The minimum atomic E-state index is 0.714. The summed E-state index contributed by atoms with van der Waals surface area (Å²) in [5, 5.41) is 4.72. The molecule has 0 amide bonds. The van der Waals surface area contributed by atoms with Crippen LogP contribution in [-0.2, 0) is 0 Å². The molecule has 8 aromatic carbocycles. The first kappa shape index (κ1) is 33.2. The number of hydrogen-bond acceptors (Lipinski definition) is 4. The van der Waals surface area contributed by atoms with E-state index in [4.69, 9.17) is 14.7 Å². The Morgan fingerprint density at radius 1 is 0.450 bits per heavy atom. The average Bonchev–Trinajstić information content (AvgIpc) is 3.98. The van der Waals surface area contributed by atoms with E-state index < -0.39 is 0 Å². The van der Waals surface area contributed by atoms with E-state index in [0.717, 1.165) is 88.7 Å². The molecule has 0 saturated heterocycles. The molecule has 0 atom stereocenters. The highest BCUT2D eigenvalue weighted by molar-refractivity contribution is 7.26. The standard InChI is InChI=1S/C54H32N4OS/c1-3-13-33(14-4-1)36-15-11-16-38(31-36)49-52-50(40-19-7-10-24-47(40)60-52)56-53(55-49)35-27-25-34(26-28-35)37-29-30-43-42(32-37)48-41-20-12-23-46-51(41)58(44-21-8-9-22-45(44)59-46)54(48)57(43)39-17-5-2-6-18-39/h1-32H. The highest BCUT2D eigenvalue weighted by Crippen LogP contribution is 2.49. The summed E-state index contributed by atoms with van der Waals surface area (Å²) < 4.78 is 13.6. The number of aromatic nitrogens is 4. The second kappa shape index (κ2) is 12.9. The molecule has 6 heteroatoms. The molecule has 0 aliphatic carbocycles. The maximum Gasteiger partial charge on any atom is 0.160 e. The number of hydrogen-bond donors (Lipinski definition) is 0. The summed E-state index contributed by atoms with van der Waals surface area (Å²) in [4.78, 5) is 10.6. The highest BCUT2D eigenvalue weighted by atomic mass is 32.1. The van der Waals surface area contributed by atoms with Gasteiger partial charge < -0.3 is 4.74 Å². The molecule has 0 bridgehead atoms. The van der Waals surface area contributed by atoms with Crippen LogP contribution < -0.4 is 4.74 Å². The monoisotopic (exact) mass is 784 g/mol. The van der Waals surface area contributed by atoms with Crippen molar-refractivity contribution in [2.45, 2.75) is 0 Å². The van der Waals surface area contributed by atoms with Crippen LogP contribution in [-0.4, -0.2) is 19.1 Å². The van der Waals surface area contributed by atoms with Crippen molar-refractivity contribution in [3.8, 4) is 67.8 Å². The fourth-order valence-corrected chi connectivity index (χ4v) is 10.4. The molecular weight excluding hydrogens is 753 g/mol. The Morgan fingerprint density at radius 2 is 1.10 bits per heavy atom. The number of fused-ring (bicyclic) bond motifs is 10. The van der Waals surface area contributed by atoms with E-state index in [1.54, 1.807) is 11.3 Å². The van der Waals surface area contributed by atoms with E-state index >= 15 is 0 Å². The fraction of sp³-hybridized carbons (Fsp3) is 0. The highest BCUT2D eigenvalue weighted by Gasteiger charge is 2.28. The average molecular weight is 785 g/mol. The van der Waals surface area contributed by atoms with Crippen LogP contribution in [0.2, 0.25) is 0 Å². The zero-order chi connectivity index (χ0) is 39.3. The van der Waals surface area contributed by atoms with Gasteiger partial charge in [-0.3, -0.25) is 9.13 Å². The van der Waals surface area contributed by atoms with Crippen LogP contribution in [0.15, 0.2) is 194 Å². The predicted octanol–water partition coefficient (Wildman–Crippen LogP) is 14.7. The van der Waals surface area contributed by atoms with Crippen LogP contribution in [0.5, 0.6) is 11.5 Å². The molecule has 0 unspecified atom stereocenters. The topological polar surface area (TPSA) is 44.9 Å². The van der Waals surface area contributed by atoms with Crippen molar-refractivity contribution in [1.82, 2.24) is 19.1 Å². The minimum Gasteiger partial charge on any atom is -0.453 e. The number of benzene rings is 8. The van der Waals surface area contributed by atoms with E-state index in [-0.39, 0.29) is 0 Å². The van der Waals surface area contributed by atoms with Crippen molar-refractivity contribution in [2.75, 3.05) is 0 Å². The molecule has 0 N–H and O–H groups in total. The first-order valence-electron chi connectivity index (χ1n) is 20.2. The third-order valence-corrected chi connectivity index (χ3v) is 13.1. The predicted molar refractivity (Wildman–Crippen MR) is 248 cm³/mol. The Balaban J connectivity index is 0.973. The van der Waals surface area contributed by atoms with Crippen molar-refractivity contribution in [3.63, 3.8) is 0 Å². The second-order valence-corrected chi connectivity index (χ2v) is 16.4. The lowest BCUT2D eigenvalue weighted by atomic mass is 10.00. The lowest BCUT2D eigenvalue weighted by molar-refractivity contribution is 0.476. The van der Waals surface area contributed by atoms with Gasteiger partial charge in [0.2, 0.25) is 0 Å². The van der Waals surface area contributed by atoms with Gasteiger partial charge in [-0.15, -0.1) is 11.3 Å². The number of nitrogens with zero attached hydrogens (tertiary/aromatic N) is 4. The van der Waals surface area contributed by atoms with E-state index in [1.165, 1.54) is 26.4 Å². The van der Waals surface area contributed by atoms with Crippen LogP contribution in [0.4, 0.5) is 0 Å².